The standard InChI is InChI=1S/C10H11ClINO2/c1-15-9-6-7(11)2-3-8(9)10(14)13-5-4-12/h2-3,6H,4-5H2,1H3,(H,13,14). The SMILES string of the molecule is COc1cc(Cl)ccc1C(=O)NCCI. The molecule has 1 amide bonds. The molecule has 3 nitrogen and oxygen atoms in total. The minimum absolute atomic E-state index is 0.139. The molecule has 0 saturated heterocycles. The monoisotopic (exact) mass is 339 g/mol. The minimum Gasteiger partial charge on any atom is -0.496 e. The molecule has 0 unspecified atom stereocenters. The summed E-state index contributed by atoms with van der Waals surface area (Å²) in [7, 11) is 1.51. The van der Waals surface area contributed by atoms with Crippen molar-refractivity contribution in [3.05, 3.63) is 28.8 Å². The number of ether oxygens (including phenoxy) is 1. The Balaban J connectivity index is 2.87. The Morgan fingerprint density at radius 1 is 1.60 bits per heavy atom. The van der Waals surface area contributed by atoms with Gasteiger partial charge in [-0.3, -0.25) is 4.79 Å². The van der Waals surface area contributed by atoms with Crippen molar-refractivity contribution in [3.8, 4) is 5.75 Å². The highest BCUT2D eigenvalue weighted by atomic mass is 127. The fraction of sp³-hybridized carbons (Fsp3) is 0.300. The summed E-state index contributed by atoms with van der Waals surface area (Å²) in [6.07, 6.45) is 0. The van der Waals surface area contributed by atoms with E-state index in [9.17, 15) is 4.79 Å². The maximum Gasteiger partial charge on any atom is 0.255 e. The van der Waals surface area contributed by atoms with E-state index in [1.165, 1.54) is 7.11 Å². The van der Waals surface area contributed by atoms with Crippen molar-refractivity contribution in [2.24, 2.45) is 0 Å². The van der Waals surface area contributed by atoms with Crippen molar-refractivity contribution in [2.75, 3.05) is 18.1 Å². The number of carbonyl (C=O) groups excluding carboxylic acids is 1. The van der Waals surface area contributed by atoms with Gasteiger partial charge >= 0.3 is 0 Å². The van der Waals surface area contributed by atoms with Crippen LogP contribution in [0.15, 0.2) is 18.2 Å². The van der Waals surface area contributed by atoms with Crippen molar-refractivity contribution < 1.29 is 9.53 Å². The summed E-state index contributed by atoms with van der Waals surface area (Å²) in [5.41, 5.74) is 0.506. The summed E-state index contributed by atoms with van der Waals surface area (Å²) >= 11 is 7.99. The molecular weight excluding hydrogens is 328 g/mol. The van der Waals surface area contributed by atoms with Gasteiger partial charge in [-0.2, -0.15) is 0 Å². The quantitative estimate of drug-likeness (QED) is 0.676. The molecule has 0 atom stereocenters. The highest BCUT2D eigenvalue weighted by Crippen LogP contribution is 2.22. The average molecular weight is 340 g/mol. The van der Waals surface area contributed by atoms with Crippen LogP contribution < -0.4 is 10.1 Å². The first-order valence-electron chi connectivity index (χ1n) is 4.36. The molecule has 1 aromatic rings. The highest BCUT2D eigenvalue weighted by Gasteiger charge is 2.11. The summed E-state index contributed by atoms with van der Waals surface area (Å²) in [6.45, 7) is 0.644. The first-order valence-corrected chi connectivity index (χ1v) is 6.27. The maximum absolute atomic E-state index is 11.7. The van der Waals surface area contributed by atoms with Crippen LogP contribution >= 0.6 is 34.2 Å². The molecule has 1 N–H and O–H groups in total. The molecule has 0 saturated carbocycles. The molecule has 82 valence electrons. The zero-order valence-corrected chi connectivity index (χ0v) is 11.1. The molecule has 5 heteroatoms. The van der Waals surface area contributed by atoms with Gasteiger partial charge in [-0.05, 0) is 18.2 Å². The zero-order chi connectivity index (χ0) is 11.3. The van der Waals surface area contributed by atoms with Gasteiger partial charge in [0.2, 0.25) is 0 Å². The second-order valence-corrected chi connectivity index (χ2v) is 4.30. The van der Waals surface area contributed by atoms with E-state index in [4.69, 9.17) is 16.3 Å². The van der Waals surface area contributed by atoms with Gasteiger partial charge in [0.1, 0.15) is 5.75 Å². The Kier molecular flexibility index (Phi) is 5.17. The number of carbonyl (C=O) groups is 1. The Morgan fingerprint density at radius 3 is 2.93 bits per heavy atom. The second-order valence-electron chi connectivity index (χ2n) is 2.79. The lowest BCUT2D eigenvalue weighted by Crippen LogP contribution is -2.25. The molecule has 15 heavy (non-hydrogen) atoms. The molecule has 0 heterocycles. The molecule has 1 rings (SSSR count). The molecule has 0 radical (unpaired) electrons. The van der Waals surface area contributed by atoms with E-state index in [1.807, 2.05) is 0 Å². The van der Waals surface area contributed by atoms with Gasteiger partial charge in [0, 0.05) is 16.0 Å². The van der Waals surface area contributed by atoms with Gasteiger partial charge in [0.25, 0.3) is 5.91 Å². The van der Waals surface area contributed by atoms with Crippen LogP contribution in [-0.4, -0.2) is 24.0 Å². The summed E-state index contributed by atoms with van der Waals surface area (Å²) in [4.78, 5) is 11.7. The molecule has 0 fully saturated rings. The largest absolute Gasteiger partial charge is 0.496 e. The average Bonchev–Trinajstić information content (AvgIpc) is 2.25. The lowest BCUT2D eigenvalue weighted by Gasteiger charge is -2.08. The second kappa shape index (κ2) is 6.17. The molecule has 0 aromatic heterocycles. The van der Waals surface area contributed by atoms with Crippen LogP contribution in [-0.2, 0) is 0 Å². The number of benzene rings is 1. The Hall–Kier alpha value is -0.490. The number of amides is 1. The Morgan fingerprint density at radius 2 is 2.33 bits per heavy atom. The lowest BCUT2D eigenvalue weighted by molar-refractivity contribution is 0.0953. The number of rotatable bonds is 4. The first-order chi connectivity index (χ1) is 7.19. The lowest BCUT2D eigenvalue weighted by atomic mass is 10.2. The van der Waals surface area contributed by atoms with Crippen molar-refractivity contribution in [1.82, 2.24) is 5.32 Å². The van der Waals surface area contributed by atoms with Gasteiger partial charge < -0.3 is 10.1 Å². The fourth-order valence-electron chi connectivity index (χ4n) is 1.11. The first kappa shape index (κ1) is 12.6. The molecule has 0 aliphatic rings. The zero-order valence-electron chi connectivity index (χ0n) is 8.22. The number of halogens is 2. The maximum atomic E-state index is 11.7. The summed E-state index contributed by atoms with van der Waals surface area (Å²) in [5.74, 6) is 0.355. The van der Waals surface area contributed by atoms with E-state index >= 15 is 0 Å². The fourth-order valence-corrected chi connectivity index (χ4v) is 1.54. The Labute approximate surface area is 107 Å². The minimum atomic E-state index is -0.139. The van der Waals surface area contributed by atoms with Gasteiger partial charge in [-0.1, -0.05) is 34.2 Å². The molecular formula is C10H11ClINO2. The molecule has 0 spiro atoms. The van der Waals surface area contributed by atoms with E-state index in [0.29, 0.717) is 22.9 Å². The van der Waals surface area contributed by atoms with E-state index in [-0.39, 0.29) is 5.91 Å². The number of alkyl halides is 1. The summed E-state index contributed by atoms with van der Waals surface area (Å²) < 4.78 is 5.95. The van der Waals surface area contributed by atoms with Crippen LogP contribution in [0.5, 0.6) is 5.75 Å². The van der Waals surface area contributed by atoms with Crippen molar-refractivity contribution >= 4 is 40.1 Å². The third kappa shape index (κ3) is 3.53. The molecule has 0 bridgehead atoms. The number of hydrogen-bond donors (Lipinski definition) is 1. The third-order valence-corrected chi connectivity index (χ3v) is 2.56. The van der Waals surface area contributed by atoms with E-state index < -0.39 is 0 Å². The van der Waals surface area contributed by atoms with Gasteiger partial charge in [0.05, 0.1) is 12.7 Å². The van der Waals surface area contributed by atoms with Gasteiger partial charge in [0.15, 0.2) is 0 Å². The van der Waals surface area contributed by atoms with Crippen LogP contribution in [0.1, 0.15) is 10.4 Å². The van der Waals surface area contributed by atoms with Crippen molar-refractivity contribution in [1.29, 1.82) is 0 Å². The van der Waals surface area contributed by atoms with E-state index in [1.54, 1.807) is 18.2 Å². The van der Waals surface area contributed by atoms with Gasteiger partial charge in [-0.15, -0.1) is 0 Å². The van der Waals surface area contributed by atoms with Crippen molar-refractivity contribution in [2.45, 2.75) is 0 Å². The van der Waals surface area contributed by atoms with Gasteiger partial charge in [-0.25, -0.2) is 0 Å². The number of hydrogen-bond acceptors (Lipinski definition) is 2. The van der Waals surface area contributed by atoms with Crippen molar-refractivity contribution in [3.63, 3.8) is 0 Å². The summed E-state index contributed by atoms with van der Waals surface area (Å²) in [5, 5.41) is 3.33. The predicted molar refractivity (Wildman–Crippen MR) is 69.2 cm³/mol. The topological polar surface area (TPSA) is 38.3 Å². The van der Waals surface area contributed by atoms with Crippen LogP contribution in [0.3, 0.4) is 0 Å². The number of methoxy groups -OCH3 is 1. The van der Waals surface area contributed by atoms with E-state index in [2.05, 4.69) is 27.9 Å². The van der Waals surface area contributed by atoms with Crippen LogP contribution in [0, 0.1) is 0 Å². The molecule has 1 aromatic carbocycles. The highest BCUT2D eigenvalue weighted by molar-refractivity contribution is 14.1. The van der Waals surface area contributed by atoms with E-state index in [0.717, 1.165) is 4.43 Å². The molecule has 0 aliphatic heterocycles. The van der Waals surface area contributed by atoms with Crippen LogP contribution in [0.4, 0.5) is 0 Å². The van der Waals surface area contributed by atoms with Crippen LogP contribution in [0.25, 0.3) is 0 Å². The number of nitrogens with one attached hydrogen (secondary N) is 1. The smallest absolute Gasteiger partial charge is 0.255 e. The normalized spacial score (nSPS) is 9.80. The summed E-state index contributed by atoms with van der Waals surface area (Å²) in [6, 6.07) is 4.95. The predicted octanol–water partition coefficient (Wildman–Crippen LogP) is 2.51. The third-order valence-electron chi connectivity index (χ3n) is 1.79. The van der Waals surface area contributed by atoms with Crippen LogP contribution in [0.2, 0.25) is 5.02 Å². The molecule has 0 aliphatic carbocycles. The Bertz CT molecular complexity index is 357.